The van der Waals surface area contributed by atoms with Gasteiger partial charge >= 0.3 is 0 Å². The summed E-state index contributed by atoms with van der Waals surface area (Å²) in [6.45, 7) is 8.28. The quantitative estimate of drug-likeness (QED) is 0.461. The van der Waals surface area contributed by atoms with Gasteiger partial charge in [0.1, 0.15) is 5.75 Å². The molecule has 1 aromatic carbocycles. The van der Waals surface area contributed by atoms with Crippen molar-refractivity contribution in [2.24, 2.45) is 0 Å². The van der Waals surface area contributed by atoms with Gasteiger partial charge in [-0.2, -0.15) is 0 Å². The molecule has 2 heteroatoms. The number of hydrogen-bond acceptors (Lipinski definition) is 2. The Labute approximate surface area is 103 Å². The number of phenols is 1. The molecule has 0 saturated carbocycles. The second kappa shape index (κ2) is 5.09. The number of rotatable bonds is 2. The van der Waals surface area contributed by atoms with E-state index in [-0.39, 0.29) is 11.2 Å². The van der Waals surface area contributed by atoms with Gasteiger partial charge in [-0.15, -0.1) is 0 Å². The number of hydrogen-bond donors (Lipinski definition) is 2. The van der Waals surface area contributed by atoms with Crippen molar-refractivity contribution in [3.8, 4) is 5.75 Å². The molecule has 0 bridgehead atoms. The summed E-state index contributed by atoms with van der Waals surface area (Å²) in [5, 5.41) is 9.82. The minimum Gasteiger partial charge on any atom is -0.506 e. The third-order valence-electron chi connectivity index (χ3n) is 2.64. The van der Waals surface area contributed by atoms with E-state index in [0.29, 0.717) is 5.69 Å². The Bertz CT molecular complexity index is 451. The maximum atomic E-state index is 9.82. The number of nitrogen functional groups attached to an aromatic ring is 1. The number of nitrogens with two attached hydrogens (primary N) is 1. The molecule has 17 heavy (non-hydrogen) atoms. The van der Waals surface area contributed by atoms with Crippen molar-refractivity contribution in [1.29, 1.82) is 0 Å². The lowest BCUT2D eigenvalue weighted by Crippen LogP contribution is -2.11. The fourth-order valence-electron chi connectivity index (χ4n) is 1.50. The van der Waals surface area contributed by atoms with Crippen LogP contribution in [0.4, 0.5) is 5.69 Å². The molecule has 0 radical (unpaired) electrons. The van der Waals surface area contributed by atoms with Crippen molar-refractivity contribution in [1.82, 2.24) is 0 Å². The number of allylic oxidation sites excluding steroid dienone is 3. The smallest absolute Gasteiger partial charge is 0.139 e. The van der Waals surface area contributed by atoms with Crippen LogP contribution in [0.3, 0.4) is 0 Å². The second-order valence-electron chi connectivity index (χ2n) is 5.13. The van der Waals surface area contributed by atoms with Crippen molar-refractivity contribution in [2.75, 3.05) is 5.73 Å². The first-order valence-electron chi connectivity index (χ1n) is 5.78. The average molecular weight is 231 g/mol. The van der Waals surface area contributed by atoms with Crippen molar-refractivity contribution in [3.63, 3.8) is 0 Å². The Morgan fingerprint density at radius 1 is 1.18 bits per heavy atom. The molecule has 0 saturated heterocycles. The highest BCUT2D eigenvalue weighted by atomic mass is 16.3. The Morgan fingerprint density at radius 2 is 1.82 bits per heavy atom. The highest BCUT2D eigenvalue weighted by Crippen LogP contribution is 2.33. The molecule has 0 amide bonds. The third-order valence-corrected chi connectivity index (χ3v) is 2.64. The lowest BCUT2D eigenvalue weighted by atomic mass is 9.85. The highest BCUT2D eigenvalue weighted by Gasteiger charge is 2.16. The molecule has 0 aromatic heterocycles. The van der Waals surface area contributed by atoms with E-state index in [1.54, 1.807) is 6.07 Å². The molecule has 1 rings (SSSR count). The second-order valence-corrected chi connectivity index (χ2v) is 5.13. The lowest BCUT2D eigenvalue weighted by Gasteiger charge is -2.20. The van der Waals surface area contributed by atoms with E-state index in [1.807, 2.05) is 37.3 Å². The third kappa shape index (κ3) is 3.38. The van der Waals surface area contributed by atoms with Gasteiger partial charge in [0.25, 0.3) is 0 Å². The van der Waals surface area contributed by atoms with Gasteiger partial charge in [-0.1, -0.05) is 45.1 Å². The Kier molecular flexibility index (Phi) is 4.00. The van der Waals surface area contributed by atoms with Crippen LogP contribution < -0.4 is 5.73 Å². The highest BCUT2D eigenvalue weighted by molar-refractivity contribution is 5.72. The number of benzene rings is 1. The SMILES string of the molecule is C/C=C\C=C/c1cc(C(C)(C)C)cc(O)c1N. The molecule has 92 valence electrons. The summed E-state index contributed by atoms with van der Waals surface area (Å²) in [6, 6.07) is 3.76. The van der Waals surface area contributed by atoms with Crippen molar-refractivity contribution in [2.45, 2.75) is 33.1 Å². The fourth-order valence-corrected chi connectivity index (χ4v) is 1.50. The zero-order valence-electron chi connectivity index (χ0n) is 11.0. The van der Waals surface area contributed by atoms with Gasteiger partial charge < -0.3 is 10.8 Å². The molecule has 3 N–H and O–H groups in total. The fraction of sp³-hybridized carbons (Fsp3) is 0.333. The van der Waals surface area contributed by atoms with Crippen LogP contribution in [0.25, 0.3) is 6.08 Å². The topological polar surface area (TPSA) is 46.2 Å². The van der Waals surface area contributed by atoms with Gasteiger partial charge in [-0.3, -0.25) is 0 Å². The van der Waals surface area contributed by atoms with Crippen LogP contribution in [0.15, 0.2) is 30.4 Å². The molecule has 0 spiro atoms. The van der Waals surface area contributed by atoms with E-state index in [0.717, 1.165) is 11.1 Å². The molecule has 1 aromatic rings. The van der Waals surface area contributed by atoms with Gasteiger partial charge in [0.15, 0.2) is 0 Å². The van der Waals surface area contributed by atoms with E-state index < -0.39 is 0 Å². The summed E-state index contributed by atoms with van der Waals surface area (Å²) >= 11 is 0. The Morgan fingerprint density at radius 3 is 2.35 bits per heavy atom. The van der Waals surface area contributed by atoms with Crippen LogP contribution in [-0.4, -0.2) is 5.11 Å². The Hall–Kier alpha value is -1.70. The van der Waals surface area contributed by atoms with Crippen LogP contribution in [0.2, 0.25) is 0 Å². The van der Waals surface area contributed by atoms with Gasteiger partial charge in [-0.05, 0) is 30.0 Å². The van der Waals surface area contributed by atoms with Crippen molar-refractivity contribution in [3.05, 3.63) is 41.5 Å². The monoisotopic (exact) mass is 231 g/mol. The van der Waals surface area contributed by atoms with Crippen LogP contribution in [0, 0.1) is 0 Å². The van der Waals surface area contributed by atoms with E-state index in [4.69, 9.17) is 5.73 Å². The molecule has 0 aliphatic heterocycles. The van der Waals surface area contributed by atoms with E-state index >= 15 is 0 Å². The number of anilines is 1. The minimum absolute atomic E-state index is 0.00559. The summed E-state index contributed by atoms with van der Waals surface area (Å²) in [7, 11) is 0. The first-order valence-corrected chi connectivity index (χ1v) is 5.78. The van der Waals surface area contributed by atoms with Gasteiger partial charge in [-0.25, -0.2) is 0 Å². The number of phenolic OH excluding ortho intramolecular Hbond substituents is 1. The summed E-state index contributed by atoms with van der Waals surface area (Å²) in [6.07, 6.45) is 7.70. The zero-order chi connectivity index (χ0) is 13.1. The van der Waals surface area contributed by atoms with E-state index in [9.17, 15) is 5.11 Å². The molecular weight excluding hydrogens is 210 g/mol. The minimum atomic E-state index is -0.00559. The first-order chi connectivity index (χ1) is 7.86. The van der Waals surface area contributed by atoms with Crippen LogP contribution in [0.5, 0.6) is 5.75 Å². The van der Waals surface area contributed by atoms with Crippen LogP contribution in [-0.2, 0) is 5.41 Å². The summed E-state index contributed by atoms with van der Waals surface area (Å²) in [5.74, 6) is 0.151. The maximum absolute atomic E-state index is 9.82. The normalized spacial score (nSPS) is 12.7. The summed E-state index contributed by atoms with van der Waals surface area (Å²) < 4.78 is 0. The molecular formula is C15H21NO. The zero-order valence-corrected chi connectivity index (χ0v) is 11.0. The van der Waals surface area contributed by atoms with Crippen LogP contribution in [0.1, 0.15) is 38.8 Å². The predicted molar refractivity (Wildman–Crippen MR) is 75.1 cm³/mol. The van der Waals surface area contributed by atoms with Gasteiger partial charge in [0, 0.05) is 5.56 Å². The molecule has 0 fully saturated rings. The van der Waals surface area contributed by atoms with Gasteiger partial charge in [0.05, 0.1) is 5.69 Å². The molecule has 0 aliphatic rings. The maximum Gasteiger partial charge on any atom is 0.139 e. The average Bonchev–Trinajstić information content (AvgIpc) is 2.22. The number of aromatic hydroxyl groups is 1. The standard InChI is InChI=1S/C15H21NO/c1-5-6-7-8-11-9-12(15(2,3)4)10-13(17)14(11)16/h5-10,17H,16H2,1-4H3/b6-5-,8-7-. The van der Waals surface area contributed by atoms with Crippen LogP contribution >= 0.6 is 0 Å². The summed E-state index contributed by atoms with van der Waals surface area (Å²) in [5.41, 5.74) is 8.20. The van der Waals surface area contributed by atoms with E-state index in [2.05, 4.69) is 20.8 Å². The molecule has 2 nitrogen and oxygen atoms in total. The molecule has 0 aliphatic carbocycles. The Balaban J connectivity index is 3.25. The molecule has 0 heterocycles. The van der Waals surface area contributed by atoms with Crippen molar-refractivity contribution >= 4 is 11.8 Å². The van der Waals surface area contributed by atoms with Gasteiger partial charge in [0.2, 0.25) is 0 Å². The predicted octanol–water partition coefficient (Wildman–Crippen LogP) is 3.86. The largest absolute Gasteiger partial charge is 0.506 e. The molecule has 0 atom stereocenters. The van der Waals surface area contributed by atoms with Crippen molar-refractivity contribution < 1.29 is 5.11 Å². The summed E-state index contributed by atoms with van der Waals surface area (Å²) in [4.78, 5) is 0. The molecule has 0 unspecified atom stereocenters. The van der Waals surface area contributed by atoms with E-state index in [1.165, 1.54) is 0 Å². The first kappa shape index (κ1) is 13.4. The lowest BCUT2D eigenvalue weighted by molar-refractivity contribution is 0.473.